The Labute approximate surface area is 187 Å². The van der Waals surface area contributed by atoms with E-state index < -0.39 is 13.6 Å². The van der Waals surface area contributed by atoms with Crippen molar-refractivity contribution in [3.63, 3.8) is 0 Å². The zero-order valence-corrected chi connectivity index (χ0v) is 20.0. The highest BCUT2D eigenvalue weighted by atomic mass is 35.5. The molecule has 0 bridgehead atoms. The molecule has 4 rings (SSSR count). The van der Waals surface area contributed by atoms with Crippen molar-refractivity contribution in [2.75, 3.05) is 26.5 Å². The normalized spacial score (nSPS) is 34.7. The maximum absolute atomic E-state index is 14.8. The topological polar surface area (TPSA) is 39.3 Å². The van der Waals surface area contributed by atoms with Crippen LogP contribution in [0.3, 0.4) is 0 Å². The van der Waals surface area contributed by atoms with E-state index in [2.05, 4.69) is 27.1 Å². The van der Waals surface area contributed by atoms with E-state index in [-0.39, 0.29) is 11.9 Å². The molecular weight excluding hydrogens is 462 g/mol. The highest BCUT2D eigenvalue weighted by Gasteiger charge is 2.64. The summed E-state index contributed by atoms with van der Waals surface area (Å²) in [6.45, 7) is 0. The predicted octanol–water partition coefficient (Wildman–Crippen LogP) is 5.54. The van der Waals surface area contributed by atoms with Gasteiger partial charge in [0.05, 0.1) is 15.6 Å². The van der Waals surface area contributed by atoms with Crippen molar-refractivity contribution >= 4 is 61.4 Å². The molecule has 0 radical (unpaired) electrons. The summed E-state index contributed by atoms with van der Waals surface area (Å²) in [6, 6.07) is 3.33. The Morgan fingerprint density at radius 2 is 1.96 bits per heavy atom. The number of hydrogen-bond acceptors (Lipinski definition) is 5. The van der Waals surface area contributed by atoms with Gasteiger partial charge in [-0.25, -0.2) is 4.39 Å². The first-order valence-electron chi connectivity index (χ1n) is 9.08. The van der Waals surface area contributed by atoms with Crippen LogP contribution in [-0.2, 0) is 0 Å². The van der Waals surface area contributed by atoms with E-state index in [1.54, 1.807) is 11.1 Å². The average molecular weight is 488 g/mol. The van der Waals surface area contributed by atoms with Gasteiger partial charge in [-0.1, -0.05) is 20.8 Å². The molecule has 28 heavy (non-hydrogen) atoms. The van der Waals surface area contributed by atoms with Gasteiger partial charge in [0.25, 0.3) is 0 Å². The summed E-state index contributed by atoms with van der Waals surface area (Å²) in [5, 5.41) is 10.2. The third kappa shape index (κ3) is 4.51. The molecular formula is C18H26Cl3FN4S2. The lowest BCUT2D eigenvalue weighted by Crippen LogP contribution is -2.25. The van der Waals surface area contributed by atoms with Gasteiger partial charge in [-0.3, -0.25) is 0 Å². The van der Waals surface area contributed by atoms with Crippen LogP contribution in [0, 0.1) is 17.7 Å². The number of nitrogens with zero attached hydrogens (tertiary/aromatic N) is 1. The molecule has 0 saturated heterocycles. The second-order valence-electron chi connectivity index (χ2n) is 7.42. The van der Waals surface area contributed by atoms with Crippen LogP contribution >= 0.6 is 55.7 Å². The summed E-state index contributed by atoms with van der Waals surface area (Å²) in [4.78, 5) is 3.63. The fourth-order valence-corrected chi connectivity index (χ4v) is 7.74. The van der Waals surface area contributed by atoms with Crippen LogP contribution in [0.4, 0.5) is 10.1 Å². The van der Waals surface area contributed by atoms with Crippen LogP contribution < -0.4 is 15.5 Å². The molecule has 1 heterocycles. The van der Waals surface area contributed by atoms with Crippen molar-refractivity contribution in [1.82, 2.24) is 15.2 Å². The first-order chi connectivity index (χ1) is 13.1. The van der Waals surface area contributed by atoms with Crippen LogP contribution in [0.25, 0.3) is 0 Å². The van der Waals surface area contributed by atoms with E-state index >= 15 is 0 Å². The summed E-state index contributed by atoms with van der Waals surface area (Å²) >= 11 is 23.7. The zero-order chi connectivity index (χ0) is 20.7. The summed E-state index contributed by atoms with van der Waals surface area (Å²) in [6.07, 6.45) is 4.66. The Morgan fingerprint density at radius 3 is 2.54 bits per heavy atom. The number of thiol groups is 1. The van der Waals surface area contributed by atoms with Gasteiger partial charge in [-0.15, -0.1) is 34.9 Å². The van der Waals surface area contributed by atoms with Gasteiger partial charge >= 0.3 is 0 Å². The quantitative estimate of drug-likeness (QED) is 0.256. The third-order valence-corrected chi connectivity index (χ3v) is 9.91. The van der Waals surface area contributed by atoms with Gasteiger partial charge in [0.2, 0.25) is 0 Å². The lowest BCUT2D eigenvalue weighted by atomic mass is 9.95. The van der Waals surface area contributed by atoms with Crippen molar-refractivity contribution in [3.05, 3.63) is 34.6 Å². The molecule has 158 valence electrons. The molecule has 2 saturated carbocycles. The smallest absolute Gasteiger partial charge is 0.139 e. The van der Waals surface area contributed by atoms with E-state index in [9.17, 15) is 4.39 Å². The molecule has 1 aromatic rings. The number of fused-ring (bicyclic) bond motifs is 1. The first kappa shape index (κ1) is 22.7. The van der Waals surface area contributed by atoms with Gasteiger partial charge in [0.15, 0.2) is 0 Å². The van der Waals surface area contributed by atoms with Crippen molar-refractivity contribution < 1.29 is 4.39 Å². The number of halogens is 4. The second-order valence-corrected chi connectivity index (χ2v) is 13.1. The molecule has 4 atom stereocenters. The van der Waals surface area contributed by atoms with Gasteiger partial charge < -0.3 is 15.6 Å². The largest absolute Gasteiger partial charge is 0.381 e. The molecule has 4 unspecified atom stereocenters. The third-order valence-electron chi connectivity index (χ3n) is 5.21. The SMILES string of the molecule is CN1C=CS(S)(c2cc(Cl)c(NC3CCC4C(C3)C4(Cl)Cl)cc2F)N1.CNC. The maximum atomic E-state index is 14.8. The fourth-order valence-electron chi connectivity index (χ4n) is 3.79. The number of rotatable bonds is 3. The minimum absolute atomic E-state index is 0.205. The van der Waals surface area contributed by atoms with Gasteiger partial charge in [-0.05, 0) is 62.7 Å². The number of benzene rings is 1. The van der Waals surface area contributed by atoms with Crippen LogP contribution in [-0.4, -0.2) is 36.5 Å². The number of alkyl halides is 2. The summed E-state index contributed by atoms with van der Waals surface area (Å²) < 4.78 is 14.2. The monoisotopic (exact) mass is 486 g/mol. The second kappa shape index (κ2) is 8.61. The highest BCUT2D eigenvalue weighted by molar-refractivity contribution is 8.88. The number of anilines is 1. The molecule has 10 heteroatoms. The van der Waals surface area contributed by atoms with E-state index in [0.29, 0.717) is 27.4 Å². The van der Waals surface area contributed by atoms with Crippen molar-refractivity contribution in [1.29, 1.82) is 0 Å². The van der Waals surface area contributed by atoms with Gasteiger partial charge in [0.1, 0.15) is 10.2 Å². The lowest BCUT2D eigenvalue weighted by Gasteiger charge is -2.31. The van der Waals surface area contributed by atoms with Gasteiger partial charge in [0, 0.05) is 19.3 Å². The van der Waals surface area contributed by atoms with Crippen LogP contribution in [0.1, 0.15) is 19.3 Å². The van der Waals surface area contributed by atoms with Crippen LogP contribution in [0.2, 0.25) is 5.02 Å². The standard InChI is InChI=1S/C16H19Cl3FN3S2.C2H7N/c1-23-4-5-25(24,22-23)15-7-12(17)14(8-13(15)20)21-9-2-3-10-11(6-9)16(10,18)19;1-3-2/h4-5,7-11,21-22,24H,2-3,6H2,1H3;3H,1-2H3. The summed E-state index contributed by atoms with van der Waals surface area (Å²) in [7, 11) is 3.71. The Morgan fingerprint density at radius 1 is 1.29 bits per heavy atom. The maximum Gasteiger partial charge on any atom is 0.139 e. The van der Waals surface area contributed by atoms with E-state index in [0.717, 1.165) is 19.3 Å². The molecule has 0 spiro atoms. The number of hydrazine groups is 1. The molecule has 0 aromatic heterocycles. The van der Waals surface area contributed by atoms with Crippen molar-refractivity contribution in [2.24, 2.45) is 11.8 Å². The molecule has 2 fully saturated rings. The minimum Gasteiger partial charge on any atom is -0.381 e. The molecule has 0 amide bonds. The average Bonchev–Trinajstić information content (AvgIpc) is 2.97. The minimum atomic E-state index is -1.88. The lowest BCUT2D eigenvalue weighted by molar-refractivity contribution is 0.440. The van der Waals surface area contributed by atoms with E-state index in [4.69, 9.17) is 34.8 Å². The van der Waals surface area contributed by atoms with E-state index in [1.165, 1.54) is 6.07 Å². The summed E-state index contributed by atoms with van der Waals surface area (Å²) in [5.74, 6) is 0.389. The molecule has 2 aliphatic carbocycles. The molecule has 1 aliphatic heterocycles. The Kier molecular flexibility index (Phi) is 6.97. The summed E-state index contributed by atoms with van der Waals surface area (Å²) in [5.41, 5.74) is 0.605. The fraction of sp³-hybridized carbons (Fsp3) is 0.556. The van der Waals surface area contributed by atoms with Crippen LogP contribution in [0.15, 0.2) is 28.6 Å². The highest BCUT2D eigenvalue weighted by Crippen LogP contribution is 2.65. The predicted molar refractivity (Wildman–Crippen MR) is 124 cm³/mol. The van der Waals surface area contributed by atoms with Crippen molar-refractivity contribution in [2.45, 2.75) is 34.5 Å². The molecule has 3 aliphatic rings. The van der Waals surface area contributed by atoms with E-state index in [1.807, 2.05) is 32.8 Å². The zero-order valence-electron chi connectivity index (χ0n) is 16.0. The Hall–Kier alpha value is -0.0200. The Balaban J connectivity index is 0.000000706. The Bertz CT molecular complexity index is 767. The number of nitrogens with one attached hydrogen (secondary N) is 3. The van der Waals surface area contributed by atoms with Gasteiger partial charge in [-0.2, -0.15) is 4.83 Å². The molecule has 4 nitrogen and oxygen atoms in total. The molecule has 1 aromatic carbocycles. The van der Waals surface area contributed by atoms with Crippen LogP contribution in [0.5, 0.6) is 0 Å². The number of hydrogen-bond donors (Lipinski definition) is 4. The first-order valence-corrected chi connectivity index (χ1v) is 13.0. The van der Waals surface area contributed by atoms with Crippen molar-refractivity contribution in [3.8, 4) is 0 Å². The molecule has 3 N–H and O–H groups in total.